The molecular weight excluding hydrogens is 676 g/mol. The molecule has 3 aromatic heterocycles. The minimum atomic E-state index is -5.68. The number of nitrogens with zero attached hydrogens (tertiary/aromatic N) is 6. The first kappa shape index (κ1) is 35.2. The molecule has 49 heavy (non-hydrogen) atoms. The molecule has 0 unspecified atom stereocenters. The number of nitriles is 1. The summed E-state index contributed by atoms with van der Waals surface area (Å²) < 4.78 is 87.4. The van der Waals surface area contributed by atoms with Gasteiger partial charge < -0.3 is 15.5 Å². The fourth-order valence-corrected chi connectivity index (χ4v) is 6.37. The number of aryl methyl sites for hydroxylation is 1. The van der Waals surface area contributed by atoms with Crippen LogP contribution in [-0.2, 0) is 11.0 Å². The molecule has 1 fully saturated rings. The zero-order valence-corrected chi connectivity index (χ0v) is 27.3. The van der Waals surface area contributed by atoms with E-state index in [1.54, 1.807) is 43.6 Å². The van der Waals surface area contributed by atoms with Gasteiger partial charge in [-0.25, -0.2) is 18.2 Å². The molecule has 1 aliphatic rings. The van der Waals surface area contributed by atoms with E-state index in [0.717, 1.165) is 16.7 Å². The number of nitrogens with two attached hydrogens (primary N) is 1. The first-order valence-corrected chi connectivity index (χ1v) is 15.2. The number of hydrogen-bond donors (Lipinski definition) is 1. The average Bonchev–Trinajstić information content (AvgIpc) is 3.03. The van der Waals surface area contributed by atoms with Gasteiger partial charge in [0.1, 0.15) is 28.7 Å². The molecule has 2 N–H and O–H groups in total. The molecule has 256 valence electrons. The molecule has 1 amide bonds. The highest BCUT2D eigenvalue weighted by atomic mass is 35.5. The number of amides is 1. The molecule has 9 nitrogen and oxygen atoms in total. The first-order chi connectivity index (χ1) is 23.0. The monoisotopic (exact) mass is 703 g/mol. The van der Waals surface area contributed by atoms with Crippen molar-refractivity contribution < 1.29 is 31.1 Å². The summed E-state index contributed by atoms with van der Waals surface area (Å²) >= 11 is 6.56. The summed E-state index contributed by atoms with van der Waals surface area (Å²) in [7, 11) is 0. The summed E-state index contributed by atoms with van der Waals surface area (Å²) in [5, 5.41) is 9.89. The topological polar surface area (TPSA) is 121 Å². The Hall–Kier alpha value is -5.10. The van der Waals surface area contributed by atoms with Crippen LogP contribution in [0.15, 0.2) is 35.8 Å². The second-order valence-electron chi connectivity index (χ2n) is 11.8. The molecule has 1 aromatic carbocycles. The highest BCUT2D eigenvalue weighted by Crippen LogP contribution is 2.45. The number of benzene rings is 1. The highest BCUT2D eigenvalue weighted by molar-refractivity contribution is 6.34. The van der Waals surface area contributed by atoms with Crippen molar-refractivity contribution in [2.75, 3.05) is 30.3 Å². The predicted molar refractivity (Wildman–Crippen MR) is 172 cm³/mol. The van der Waals surface area contributed by atoms with Crippen molar-refractivity contribution in [3.63, 3.8) is 0 Å². The van der Waals surface area contributed by atoms with Gasteiger partial charge in [0, 0.05) is 37.3 Å². The summed E-state index contributed by atoms with van der Waals surface area (Å²) in [6.45, 7) is 10.9. The van der Waals surface area contributed by atoms with Crippen molar-refractivity contribution in [3.8, 4) is 23.0 Å². The van der Waals surface area contributed by atoms with E-state index in [9.17, 15) is 36.8 Å². The molecule has 4 aromatic rings. The van der Waals surface area contributed by atoms with E-state index in [1.807, 2.05) is 6.07 Å². The Bertz CT molecular complexity index is 2160. The van der Waals surface area contributed by atoms with Crippen LogP contribution in [0.4, 0.5) is 37.7 Å². The fourth-order valence-electron chi connectivity index (χ4n) is 6.13. The summed E-state index contributed by atoms with van der Waals surface area (Å²) in [6, 6.07) is 4.24. The number of aromatic nitrogens is 3. The first-order valence-electron chi connectivity index (χ1n) is 14.8. The van der Waals surface area contributed by atoms with Crippen LogP contribution in [0.3, 0.4) is 0 Å². The molecule has 1 atom stereocenters. The lowest BCUT2D eigenvalue weighted by atomic mass is 10.00. The van der Waals surface area contributed by atoms with Crippen molar-refractivity contribution in [2.24, 2.45) is 0 Å². The van der Waals surface area contributed by atoms with Crippen molar-refractivity contribution in [1.29, 1.82) is 5.26 Å². The maximum atomic E-state index is 15.7. The van der Waals surface area contributed by atoms with Gasteiger partial charge >= 0.3 is 6.18 Å². The number of carbonyl (C=O) groups is 1. The Balaban J connectivity index is 1.96. The molecule has 0 radical (unpaired) electrons. The van der Waals surface area contributed by atoms with Crippen LogP contribution in [0.1, 0.15) is 49.1 Å². The Kier molecular flexibility index (Phi) is 9.15. The molecule has 0 aliphatic carbocycles. The largest absolute Gasteiger partial charge is 0.422 e. The second kappa shape index (κ2) is 12.7. The predicted octanol–water partition coefficient (Wildman–Crippen LogP) is 6.65. The molecular formula is C33H28ClF6N7O2. The van der Waals surface area contributed by atoms with E-state index in [4.69, 9.17) is 17.3 Å². The number of nitrogen functional groups attached to an aromatic ring is 1. The van der Waals surface area contributed by atoms with Crippen molar-refractivity contribution >= 4 is 39.9 Å². The van der Waals surface area contributed by atoms with Gasteiger partial charge in [0.25, 0.3) is 5.56 Å². The number of fused-ring (bicyclic) bond motifs is 1. The fraction of sp³-hybridized carbons (Fsp3) is 0.303. The SMILES string of the molecule is C=CC(=O)N1CCN(c2c(C#N)c(=O)n(-c3c(C)ccnc3C(C)C)c3nc(-c4c(N)c(F)c(F)c(C(F)(F)F)c4F)c(Cl)cc23)C[C@H]1C. The van der Waals surface area contributed by atoms with E-state index in [-0.39, 0.29) is 59.4 Å². The van der Waals surface area contributed by atoms with E-state index in [2.05, 4.69) is 16.5 Å². The molecule has 1 saturated heterocycles. The smallest absolute Gasteiger partial charge is 0.396 e. The number of hydrogen-bond acceptors (Lipinski definition) is 7. The number of carbonyl (C=O) groups excluding carboxylic acids is 1. The third kappa shape index (κ3) is 5.73. The van der Waals surface area contributed by atoms with Crippen molar-refractivity contribution in [1.82, 2.24) is 19.4 Å². The van der Waals surface area contributed by atoms with E-state index in [1.165, 1.54) is 6.20 Å². The van der Waals surface area contributed by atoms with E-state index >= 15 is 4.39 Å². The molecule has 0 bridgehead atoms. The lowest BCUT2D eigenvalue weighted by Gasteiger charge is -2.41. The highest BCUT2D eigenvalue weighted by Gasteiger charge is 2.42. The third-order valence-corrected chi connectivity index (χ3v) is 8.68. The zero-order valence-electron chi connectivity index (χ0n) is 26.5. The van der Waals surface area contributed by atoms with Gasteiger partial charge in [-0.3, -0.25) is 19.1 Å². The van der Waals surface area contributed by atoms with Gasteiger partial charge in [-0.15, -0.1) is 0 Å². The maximum Gasteiger partial charge on any atom is 0.422 e. The van der Waals surface area contributed by atoms with Crippen molar-refractivity contribution in [2.45, 2.75) is 45.8 Å². The normalized spacial score (nSPS) is 15.2. The molecule has 4 heterocycles. The molecule has 5 rings (SSSR count). The van der Waals surface area contributed by atoms with Gasteiger partial charge in [-0.2, -0.15) is 18.4 Å². The van der Waals surface area contributed by atoms with Crippen LogP contribution >= 0.6 is 11.6 Å². The average molecular weight is 704 g/mol. The summed E-state index contributed by atoms with van der Waals surface area (Å²) in [5.41, 5.74) is -0.796. The lowest BCUT2D eigenvalue weighted by Crippen LogP contribution is -2.54. The van der Waals surface area contributed by atoms with E-state index in [0.29, 0.717) is 11.3 Å². The van der Waals surface area contributed by atoms with E-state index < -0.39 is 62.8 Å². The summed E-state index contributed by atoms with van der Waals surface area (Å²) in [5.74, 6) is -7.63. The number of halogens is 7. The molecule has 0 spiro atoms. The van der Waals surface area contributed by atoms with Gasteiger partial charge in [0.2, 0.25) is 5.91 Å². The zero-order chi connectivity index (χ0) is 36.3. The van der Waals surface area contributed by atoms with Crippen LogP contribution in [0.5, 0.6) is 0 Å². The number of pyridine rings is 3. The molecule has 16 heteroatoms. The Morgan fingerprint density at radius 3 is 2.43 bits per heavy atom. The van der Waals surface area contributed by atoms with Crippen molar-refractivity contribution in [3.05, 3.63) is 86.2 Å². The number of rotatable bonds is 5. The summed E-state index contributed by atoms with van der Waals surface area (Å²) in [6.07, 6.45) is -3.02. The summed E-state index contributed by atoms with van der Waals surface area (Å²) in [4.78, 5) is 38.8. The minimum Gasteiger partial charge on any atom is -0.396 e. The quantitative estimate of drug-likeness (QED) is 0.107. The lowest BCUT2D eigenvalue weighted by molar-refractivity contribution is -0.142. The standard InChI is InChI=1S/C33H28ClF6N7O2/c1-6-20(48)46-10-9-45(13-16(46)5)30-17-11-19(34)28(21-23(35)22(33(38,39)40)24(36)25(37)26(21)42)44-31(17)47(32(49)18(30)12-41)29-15(4)7-8-43-27(29)14(2)3/h6-8,11,14,16H,1,9-10,13,42H2,2-5H3/t16-/m1/s1. The van der Waals surface area contributed by atoms with Crippen LogP contribution in [0.25, 0.3) is 28.0 Å². The number of anilines is 2. The minimum absolute atomic E-state index is 0.0381. The number of alkyl halides is 3. The van der Waals surface area contributed by atoms with Gasteiger partial charge in [0.05, 0.1) is 39.0 Å². The Morgan fingerprint density at radius 1 is 1.18 bits per heavy atom. The second-order valence-corrected chi connectivity index (χ2v) is 12.2. The Labute approximate surface area is 280 Å². The Morgan fingerprint density at radius 2 is 1.86 bits per heavy atom. The molecule has 0 saturated carbocycles. The maximum absolute atomic E-state index is 15.7. The third-order valence-electron chi connectivity index (χ3n) is 8.39. The van der Waals surface area contributed by atoms with Crippen LogP contribution < -0.4 is 16.2 Å². The number of piperazine rings is 1. The van der Waals surface area contributed by atoms with Crippen LogP contribution in [-0.4, -0.2) is 51.0 Å². The molecule has 1 aliphatic heterocycles. The van der Waals surface area contributed by atoms with Gasteiger partial charge in [-0.05, 0) is 43.5 Å². The van der Waals surface area contributed by atoms with Gasteiger partial charge in [0.15, 0.2) is 11.6 Å². The van der Waals surface area contributed by atoms with Gasteiger partial charge in [-0.1, -0.05) is 32.0 Å². The van der Waals surface area contributed by atoms with Crippen LogP contribution in [0, 0.1) is 35.7 Å². The van der Waals surface area contributed by atoms with Crippen LogP contribution in [0.2, 0.25) is 5.02 Å².